The lowest BCUT2D eigenvalue weighted by molar-refractivity contribution is -0.120. The molecule has 0 aromatic heterocycles. The Morgan fingerprint density at radius 1 is 1.56 bits per heavy atom. The zero-order valence-electron chi connectivity index (χ0n) is 10.7. The summed E-state index contributed by atoms with van der Waals surface area (Å²) in [5.74, 6) is 0.503. The molecule has 3 N–H and O–H groups in total. The molecule has 0 radical (unpaired) electrons. The number of nitrogens with one attached hydrogen (secondary N) is 1. The van der Waals surface area contributed by atoms with Crippen molar-refractivity contribution in [3.05, 3.63) is 23.2 Å². The summed E-state index contributed by atoms with van der Waals surface area (Å²) in [6.07, 6.45) is 1.46. The molecule has 1 unspecified atom stereocenters. The normalized spacial score (nSPS) is 12.0. The summed E-state index contributed by atoms with van der Waals surface area (Å²) >= 11 is 5.99. The minimum Gasteiger partial charge on any atom is -0.495 e. The smallest absolute Gasteiger partial charge is 0.227 e. The van der Waals surface area contributed by atoms with Gasteiger partial charge in [0.15, 0.2) is 0 Å². The van der Waals surface area contributed by atoms with Crippen LogP contribution >= 0.6 is 11.6 Å². The van der Waals surface area contributed by atoms with Crippen LogP contribution in [-0.4, -0.2) is 19.6 Å². The molecule has 1 rings (SSSR count). The molecule has 0 saturated heterocycles. The van der Waals surface area contributed by atoms with Crippen molar-refractivity contribution < 1.29 is 9.53 Å². The second kappa shape index (κ2) is 7.24. The van der Waals surface area contributed by atoms with Crippen LogP contribution in [0.5, 0.6) is 5.75 Å². The number of hydrogen-bond donors (Lipinski definition) is 2. The maximum absolute atomic E-state index is 12.0. The first-order chi connectivity index (χ1) is 8.62. The Labute approximate surface area is 112 Å². The van der Waals surface area contributed by atoms with E-state index < -0.39 is 0 Å². The Morgan fingerprint density at radius 3 is 2.78 bits per heavy atom. The SMILES string of the molecule is CCC(CCN)C(=O)Nc1ccc(OC)c(Cl)c1. The molecular weight excluding hydrogens is 252 g/mol. The van der Waals surface area contributed by atoms with Crippen LogP contribution in [-0.2, 0) is 4.79 Å². The van der Waals surface area contributed by atoms with Gasteiger partial charge in [0.1, 0.15) is 5.75 Å². The van der Waals surface area contributed by atoms with Crippen molar-refractivity contribution >= 4 is 23.2 Å². The maximum atomic E-state index is 12.0. The van der Waals surface area contributed by atoms with E-state index >= 15 is 0 Å². The lowest BCUT2D eigenvalue weighted by Crippen LogP contribution is -2.24. The van der Waals surface area contributed by atoms with Gasteiger partial charge in [0.2, 0.25) is 5.91 Å². The zero-order chi connectivity index (χ0) is 13.5. The fourth-order valence-electron chi connectivity index (χ4n) is 1.71. The van der Waals surface area contributed by atoms with Gasteiger partial charge in [-0.2, -0.15) is 0 Å². The standard InChI is InChI=1S/C13H19ClN2O2/c1-3-9(6-7-15)13(17)16-10-4-5-12(18-2)11(14)8-10/h4-5,8-9H,3,6-7,15H2,1-2H3,(H,16,17). The maximum Gasteiger partial charge on any atom is 0.227 e. The number of methoxy groups -OCH3 is 1. The highest BCUT2D eigenvalue weighted by Crippen LogP contribution is 2.27. The van der Waals surface area contributed by atoms with E-state index in [0.29, 0.717) is 29.4 Å². The molecule has 0 heterocycles. The van der Waals surface area contributed by atoms with Gasteiger partial charge in [-0.05, 0) is 37.6 Å². The van der Waals surface area contributed by atoms with Crippen molar-refractivity contribution in [2.45, 2.75) is 19.8 Å². The van der Waals surface area contributed by atoms with Crippen LogP contribution in [0.25, 0.3) is 0 Å². The number of rotatable bonds is 6. The first kappa shape index (κ1) is 14.8. The van der Waals surface area contributed by atoms with E-state index in [9.17, 15) is 4.79 Å². The minimum atomic E-state index is -0.0594. The second-order valence-electron chi connectivity index (χ2n) is 4.02. The molecule has 5 heteroatoms. The number of carbonyl (C=O) groups is 1. The summed E-state index contributed by atoms with van der Waals surface area (Å²) in [4.78, 5) is 12.0. The van der Waals surface area contributed by atoms with Gasteiger partial charge in [-0.3, -0.25) is 4.79 Å². The highest BCUT2D eigenvalue weighted by molar-refractivity contribution is 6.32. The Morgan fingerprint density at radius 2 is 2.28 bits per heavy atom. The molecule has 0 spiro atoms. The number of carbonyl (C=O) groups excluding carboxylic acids is 1. The first-order valence-electron chi connectivity index (χ1n) is 5.96. The number of amides is 1. The molecule has 0 aliphatic rings. The molecular formula is C13H19ClN2O2. The molecule has 1 aromatic carbocycles. The highest BCUT2D eigenvalue weighted by Gasteiger charge is 2.15. The van der Waals surface area contributed by atoms with Gasteiger partial charge in [0, 0.05) is 11.6 Å². The molecule has 1 atom stereocenters. The van der Waals surface area contributed by atoms with Crippen molar-refractivity contribution in [1.82, 2.24) is 0 Å². The van der Waals surface area contributed by atoms with Crippen LogP contribution in [0.3, 0.4) is 0 Å². The molecule has 100 valence electrons. The van der Waals surface area contributed by atoms with Crippen LogP contribution in [0.15, 0.2) is 18.2 Å². The van der Waals surface area contributed by atoms with E-state index in [1.54, 1.807) is 25.3 Å². The molecule has 0 fully saturated rings. The molecule has 0 saturated carbocycles. The summed E-state index contributed by atoms with van der Waals surface area (Å²) in [7, 11) is 1.55. The van der Waals surface area contributed by atoms with Crippen molar-refractivity contribution in [3.63, 3.8) is 0 Å². The lowest BCUT2D eigenvalue weighted by Gasteiger charge is -2.14. The highest BCUT2D eigenvalue weighted by atomic mass is 35.5. The van der Waals surface area contributed by atoms with Gasteiger partial charge in [0.25, 0.3) is 0 Å². The van der Waals surface area contributed by atoms with E-state index in [1.807, 2.05) is 6.92 Å². The van der Waals surface area contributed by atoms with Crippen molar-refractivity contribution in [1.29, 1.82) is 0 Å². The van der Waals surface area contributed by atoms with Gasteiger partial charge in [-0.25, -0.2) is 0 Å². The summed E-state index contributed by atoms with van der Waals surface area (Å²) in [6.45, 7) is 2.48. The molecule has 4 nitrogen and oxygen atoms in total. The fourth-order valence-corrected chi connectivity index (χ4v) is 1.97. The molecule has 1 amide bonds. The van der Waals surface area contributed by atoms with E-state index in [2.05, 4.69) is 5.32 Å². The second-order valence-corrected chi connectivity index (χ2v) is 4.43. The predicted molar refractivity (Wildman–Crippen MR) is 74.1 cm³/mol. The van der Waals surface area contributed by atoms with Crippen molar-refractivity contribution in [3.8, 4) is 5.75 Å². The number of benzene rings is 1. The third-order valence-electron chi connectivity index (χ3n) is 2.80. The summed E-state index contributed by atoms with van der Waals surface area (Å²) in [5, 5.41) is 3.31. The minimum absolute atomic E-state index is 0.0239. The number of halogens is 1. The van der Waals surface area contributed by atoms with E-state index in [4.69, 9.17) is 22.1 Å². The van der Waals surface area contributed by atoms with Crippen molar-refractivity contribution in [2.75, 3.05) is 19.0 Å². The van der Waals surface area contributed by atoms with Crippen LogP contribution in [0.4, 0.5) is 5.69 Å². The average molecular weight is 271 g/mol. The Balaban J connectivity index is 2.72. The Kier molecular flexibility index (Phi) is 5.95. The topological polar surface area (TPSA) is 64.4 Å². The van der Waals surface area contributed by atoms with Gasteiger partial charge < -0.3 is 15.8 Å². The zero-order valence-corrected chi connectivity index (χ0v) is 11.5. The first-order valence-corrected chi connectivity index (χ1v) is 6.34. The average Bonchev–Trinajstić information content (AvgIpc) is 2.36. The molecule has 0 aliphatic heterocycles. The number of hydrogen-bond acceptors (Lipinski definition) is 3. The van der Waals surface area contributed by atoms with Gasteiger partial charge in [0.05, 0.1) is 12.1 Å². The molecule has 0 bridgehead atoms. The van der Waals surface area contributed by atoms with Gasteiger partial charge in [-0.1, -0.05) is 18.5 Å². The van der Waals surface area contributed by atoms with Crippen LogP contribution in [0.1, 0.15) is 19.8 Å². The summed E-state index contributed by atoms with van der Waals surface area (Å²) < 4.78 is 5.05. The largest absolute Gasteiger partial charge is 0.495 e. The van der Waals surface area contributed by atoms with Crippen LogP contribution < -0.4 is 15.8 Å². The monoisotopic (exact) mass is 270 g/mol. The molecule has 18 heavy (non-hydrogen) atoms. The quantitative estimate of drug-likeness (QED) is 0.835. The van der Waals surface area contributed by atoms with Gasteiger partial charge in [-0.15, -0.1) is 0 Å². The van der Waals surface area contributed by atoms with Crippen molar-refractivity contribution in [2.24, 2.45) is 11.7 Å². The summed E-state index contributed by atoms with van der Waals surface area (Å²) in [5.41, 5.74) is 6.15. The Hall–Kier alpha value is -1.26. The molecule has 1 aromatic rings. The fraction of sp³-hybridized carbons (Fsp3) is 0.462. The Bertz CT molecular complexity index is 410. The molecule has 0 aliphatic carbocycles. The number of ether oxygens (including phenoxy) is 1. The lowest BCUT2D eigenvalue weighted by atomic mass is 10.0. The van der Waals surface area contributed by atoms with E-state index in [-0.39, 0.29) is 11.8 Å². The predicted octanol–water partition coefficient (Wildman–Crippen LogP) is 2.66. The summed E-state index contributed by atoms with van der Waals surface area (Å²) in [6, 6.07) is 5.16. The van der Waals surface area contributed by atoms with E-state index in [0.717, 1.165) is 6.42 Å². The number of nitrogens with two attached hydrogens (primary N) is 1. The third-order valence-corrected chi connectivity index (χ3v) is 3.09. The van der Waals surface area contributed by atoms with Gasteiger partial charge >= 0.3 is 0 Å². The third kappa shape index (κ3) is 3.89. The van der Waals surface area contributed by atoms with Crippen LogP contribution in [0, 0.1) is 5.92 Å². The van der Waals surface area contributed by atoms with Crippen LogP contribution in [0.2, 0.25) is 5.02 Å². The van der Waals surface area contributed by atoms with E-state index in [1.165, 1.54) is 0 Å². The number of anilines is 1.